The first-order valence-electron chi connectivity index (χ1n) is 5.33. The molecule has 0 aromatic carbocycles. The zero-order valence-corrected chi connectivity index (χ0v) is 9.94. The highest BCUT2D eigenvalue weighted by molar-refractivity contribution is 7.91. The molecular formula is C10H21NO2S. The van der Waals surface area contributed by atoms with Gasteiger partial charge in [0.2, 0.25) is 0 Å². The van der Waals surface area contributed by atoms with E-state index < -0.39 is 9.84 Å². The normalized spacial score (nSPS) is 33.5. The lowest BCUT2D eigenvalue weighted by Crippen LogP contribution is -2.22. The molecule has 1 fully saturated rings. The van der Waals surface area contributed by atoms with Crippen LogP contribution in [-0.4, -0.2) is 26.0 Å². The van der Waals surface area contributed by atoms with E-state index in [0.717, 1.165) is 25.7 Å². The van der Waals surface area contributed by atoms with Crippen LogP contribution >= 0.6 is 0 Å². The lowest BCUT2D eigenvalue weighted by atomic mass is 9.86. The van der Waals surface area contributed by atoms with Crippen LogP contribution in [0.15, 0.2) is 0 Å². The van der Waals surface area contributed by atoms with Crippen LogP contribution in [0.5, 0.6) is 0 Å². The maximum absolute atomic E-state index is 11.3. The van der Waals surface area contributed by atoms with Gasteiger partial charge in [-0.2, -0.15) is 0 Å². The molecule has 1 aliphatic rings. The Hall–Kier alpha value is -0.0900. The summed E-state index contributed by atoms with van der Waals surface area (Å²) in [6, 6.07) is 0.282. The van der Waals surface area contributed by atoms with Crippen molar-refractivity contribution in [2.75, 3.05) is 11.5 Å². The Labute approximate surface area is 87.0 Å². The van der Waals surface area contributed by atoms with E-state index in [1.54, 1.807) is 6.92 Å². The molecular weight excluding hydrogens is 198 g/mol. The average molecular weight is 219 g/mol. The molecule has 0 aliphatic heterocycles. The molecule has 0 bridgehead atoms. The molecule has 0 saturated heterocycles. The lowest BCUT2D eigenvalue weighted by molar-refractivity contribution is 0.319. The third kappa shape index (κ3) is 3.24. The maximum atomic E-state index is 11.3. The van der Waals surface area contributed by atoms with E-state index in [-0.39, 0.29) is 17.2 Å². The van der Waals surface area contributed by atoms with E-state index in [9.17, 15) is 8.42 Å². The van der Waals surface area contributed by atoms with Crippen molar-refractivity contribution in [2.45, 2.75) is 45.6 Å². The van der Waals surface area contributed by atoms with Crippen LogP contribution in [0.1, 0.15) is 39.5 Å². The van der Waals surface area contributed by atoms with Gasteiger partial charge in [0, 0.05) is 11.8 Å². The Kier molecular flexibility index (Phi) is 3.58. The summed E-state index contributed by atoms with van der Waals surface area (Å²) in [5, 5.41) is 0. The van der Waals surface area contributed by atoms with E-state index in [0.29, 0.717) is 5.75 Å². The largest absolute Gasteiger partial charge is 0.328 e. The van der Waals surface area contributed by atoms with Gasteiger partial charge in [-0.15, -0.1) is 0 Å². The fourth-order valence-corrected chi connectivity index (χ4v) is 3.24. The average Bonchev–Trinajstić information content (AvgIpc) is 2.45. The Bertz CT molecular complexity index is 286. The van der Waals surface area contributed by atoms with Gasteiger partial charge in [-0.3, -0.25) is 0 Å². The van der Waals surface area contributed by atoms with Gasteiger partial charge in [0.1, 0.15) is 9.84 Å². The van der Waals surface area contributed by atoms with Crippen LogP contribution in [0.3, 0.4) is 0 Å². The van der Waals surface area contributed by atoms with Gasteiger partial charge in [0.05, 0.1) is 5.75 Å². The first-order valence-corrected chi connectivity index (χ1v) is 7.15. The molecule has 0 aromatic heterocycles. The van der Waals surface area contributed by atoms with Gasteiger partial charge in [0.25, 0.3) is 0 Å². The molecule has 2 atom stereocenters. The summed E-state index contributed by atoms with van der Waals surface area (Å²) in [6.07, 6.45) is 3.87. The molecule has 0 aromatic rings. The number of rotatable bonds is 4. The molecule has 3 nitrogen and oxygen atoms in total. The Morgan fingerprint density at radius 1 is 1.50 bits per heavy atom. The van der Waals surface area contributed by atoms with Crippen molar-refractivity contribution in [2.24, 2.45) is 11.1 Å². The highest BCUT2D eigenvalue weighted by Gasteiger charge is 2.33. The molecule has 0 spiro atoms. The molecule has 1 rings (SSSR count). The quantitative estimate of drug-likeness (QED) is 0.776. The SMILES string of the molecule is CCS(=O)(=O)CCC1(C)CCC(N)C1. The summed E-state index contributed by atoms with van der Waals surface area (Å²) in [5.41, 5.74) is 6.00. The topological polar surface area (TPSA) is 60.2 Å². The maximum Gasteiger partial charge on any atom is 0.150 e. The monoisotopic (exact) mass is 219 g/mol. The lowest BCUT2D eigenvalue weighted by Gasteiger charge is -2.23. The molecule has 14 heavy (non-hydrogen) atoms. The minimum absolute atomic E-state index is 0.168. The van der Waals surface area contributed by atoms with Gasteiger partial charge < -0.3 is 5.73 Å². The summed E-state index contributed by atoms with van der Waals surface area (Å²) in [5.74, 6) is 0.585. The fourth-order valence-electron chi connectivity index (χ4n) is 2.14. The second-order valence-electron chi connectivity index (χ2n) is 4.80. The van der Waals surface area contributed by atoms with Gasteiger partial charge >= 0.3 is 0 Å². The van der Waals surface area contributed by atoms with Crippen molar-refractivity contribution in [3.8, 4) is 0 Å². The van der Waals surface area contributed by atoms with E-state index in [4.69, 9.17) is 5.73 Å². The fraction of sp³-hybridized carbons (Fsp3) is 1.00. The Morgan fingerprint density at radius 2 is 2.14 bits per heavy atom. The molecule has 4 heteroatoms. The van der Waals surface area contributed by atoms with Crippen LogP contribution in [0.2, 0.25) is 0 Å². The predicted molar refractivity (Wildman–Crippen MR) is 58.9 cm³/mol. The standard InChI is InChI=1S/C10H21NO2S/c1-3-14(12,13)7-6-10(2)5-4-9(11)8-10/h9H,3-8,11H2,1-2H3. The summed E-state index contributed by atoms with van der Waals surface area (Å²) in [7, 11) is -2.80. The number of hydrogen-bond donors (Lipinski definition) is 1. The molecule has 84 valence electrons. The van der Waals surface area contributed by atoms with Crippen molar-refractivity contribution >= 4 is 9.84 Å². The third-order valence-corrected chi connectivity index (χ3v) is 5.04. The van der Waals surface area contributed by atoms with Crippen molar-refractivity contribution < 1.29 is 8.42 Å². The number of nitrogens with two attached hydrogens (primary N) is 1. The highest BCUT2D eigenvalue weighted by Crippen LogP contribution is 2.40. The summed E-state index contributed by atoms with van der Waals surface area (Å²) in [6.45, 7) is 3.86. The minimum atomic E-state index is -2.80. The van der Waals surface area contributed by atoms with Crippen LogP contribution in [0.4, 0.5) is 0 Å². The first-order chi connectivity index (χ1) is 6.37. The highest BCUT2D eigenvalue weighted by atomic mass is 32.2. The van der Waals surface area contributed by atoms with E-state index in [2.05, 4.69) is 6.92 Å². The van der Waals surface area contributed by atoms with Crippen LogP contribution in [-0.2, 0) is 9.84 Å². The third-order valence-electron chi connectivity index (χ3n) is 3.33. The second-order valence-corrected chi connectivity index (χ2v) is 7.27. The molecule has 1 saturated carbocycles. The molecule has 2 N–H and O–H groups in total. The zero-order chi connectivity index (χ0) is 10.8. The van der Waals surface area contributed by atoms with Crippen molar-refractivity contribution in [3.05, 3.63) is 0 Å². The zero-order valence-electron chi connectivity index (χ0n) is 9.12. The van der Waals surface area contributed by atoms with E-state index in [1.807, 2.05) is 0 Å². The van der Waals surface area contributed by atoms with Gasteiger partial charge in [-0.25, -0.2) is 8.42 Å². The number of hydrogen-bond acceptors (Lipinski definition) is 3. The van der Waals surface area contributed by atoms with Crippen LogP contribution < -0.4 is 5.73 Å². The smallest absolute Gasteiger partial charge is 0.150 e. The molecule has 0 heterocycles. The van der Waals surface area contributed by atoms with E-state index >= 15 is 0 Å². The minimum Gasteiger partial charge on any atom is -0.328 e. The number of sulfone groups is 1. The Balaban J connectivity index is 2.46. The predicted octanol–water partition coefficient (Wildman–Crippen LogP) is 1.33. The van der Waals surface area contributed by atoms with Crippen molar-refractivity contribution in [3.63, 3.8) is 0 Å². The Morgan fingerprint density at radius 3 is 2.57 bits per heavy atom. The van der Waals surface area contributed by atoms with Gasteiger partial charge in [0.15, 0.2) is 0 Å². The first kappa shape index (κ1) is 12.0. The van der Waals surface area contributed by atoms with Crippen molar-refractivity contribution in [1.29, 1.82) is 0 Å². The van der Waals surface area contributed by atoms with Gasteiger partial charge in [-0.05, 0) is 31.1 Å². The van der Waals surface area contributed by atoms with Crippen LogP contribution in [0, 0.1) is 5.41 Å². The molecule has 0 amide bonds. The summed E-state index contributed by atoms with van der Waals surface area (Å²) >= 11 is 0. The van der Waals surface area contributed by atoms with E-state index in [1.165, 1.54) is 0 Å². The molecule has 1 aliphatic carbocycles. The van der Waals surface area contributed by atoms with Crippen LogP contribution in [0.25, 0.3) is 0 Å². The summed E-state index contributed by atoms with van der Waals surface area (Å²) in [4.78, 5) is 0. The molecule has 0 radical (unpaired) electrons. The second kappa shape index (κ2) is 4.19. The summed E-state index contributed by atoms with van der Waals surface area (Å²) < 4.78 is 22.7. The van der Waals surface area contributed by atoms with Crippen molar-refractivity contribution in [1.82, 2.24) is 0 Å². The van der Waals surface area contributed by atoms with Gasteiger partial charge in [-0.1, -0.05) is 13.8 Å². The molecule has 2 unspecified atom stereocenters.